The van der Waals surface area contributed by atoms with Crippen molar-refractivity contribution in [3.05, 3.63) is 30.2 Å². The van der Waals surface area contributed by atoms with Gasteiger partial charge in [-0.1, -0.05) is 5.21 Å². The first-order chi connectivity index (χ1) is 6.29. The molecular weight excluding hydrogens is 166 g/mol. The molecule has 2 rings (SSSR count). The zero-order valence-electron chi connectivity index (χ0n) is 7.18. The Morgan fingerprint density at radius 1 is 1.31 bits per heavy atom. The number of nitrogens with two attached hydrogens (primary N) is 1. The van der Waals surface area contributed by atoms with Crippen molar-refractivity contribution < 1.29 is 0 Å². The van der Waals surface area contributed by atoms with Gasteiger partial charge in [0.2, 0.25) is 0 Å². The van der Waals surface area contributed by atoms with Crippen LogP contribution in [-0.4, -0.2) is 20.0 Å². The van der Waals surface area contributed by atoms with Crippen molar-refractivity contribution in [1.29, 1.82) is 0 Å². The van der Waals surface area contributed by atoms with E-state index in [0.29, 0.717) is 5.82 Å². The van der Waals surface area contributed by atoms with Gasteiger partial charge in [0.05, 0.1) is 11.4 Å². The first-order valence-electron chi connectivity index (χ1n) is 3.87. The van der Waals surface area contributed by atoms with Crippen LogP contribution in [0.1, 0.15) is 5.69 Å². The van der Waals surface area contributed by atoms with Gasteiger partial charge >= 0.3 is 0 Å². The molecule has 2 heterocycles. The number of aromatic nitrogens is 4. The summed E-state index contributed by atoms with van der Waals surface area (Å²) < 4.78 is 1.68. The normalized spacial score (nSPS) is 10.2. The van der Waals surface area contributed by atoms with Crippen LogP contribution in [-0.2, 0) is 0 Å². The molecule has 0 aromatic carbocycles. The highest BCUT2D eigenvalue weighted by Gasteiger charge is 2.05. The van der Waals surface area contributed by atoms with Gasteiger partial charge in [-0.15, -0.1) is 5.10 Å². The van der Waals surface area contributed by atoms with Crippen LogP contribution in [0.25, 0.3) is 5.69 Å². The van der Waals surface area contributed by atoms with Crippen LogP contribution in [0.3, 0.4) is 0 Å². The van der Waals surface area contributed by atoms with Crippen molar-refractivity contribution >= 4 is 5.82 Å². The lowest BCUT2D eigenvalue weighted by Crippen LogP contribution is -1.99. The van der Waals surface area contributed by atoms with E-state index in [1.807, 2.05) is 19.1 Å². The van der Waals surface area contributed by atoms with Crippen molar-refractivity contribution in [1.82, 2.24) is 20.0 Å². The lowest BCUT2D eigenvalue weighted by molar-refractivity contribution is 0.784. The third kappa shape index (κ3) is 1.24. The Morgan fingerprint density at radius 3 is 2.54 bits per heavy atom. The molecule has 0 aliphatic heterocycles. The van der Waals surface area contributed by atoms with E-state index in [2.05, 4.69) is 15.3 Å². The van der Waals surface area contributed by atoms with E-state index in [-0.39, 0.29) is 0 Å². The van der Waals surface area contributed by atoms with Crippen molar-refractivity contribution in [3.8, 4) is 5.69 Å². The third-order valence-electron chi connectivity index (χ3n) is 1.84. The fourth-order valence-corrected chi connectivity index (χ4v) is 1.07. The van der Waals surface area contributed by atoms with Gasteiger partial charge in [0.15, 0.2) is 5.82 Å². The second-order valence-electron chi connectivity index (χ2n) is 2.68. The second kappa shape index (κ2) is 2.85. The molecule has 5 nitrogen and oxygen atoms in total. The Labute approximate surface area is 75.2 Å². The highest BCUT2D eigenvalue weighted by molar-refractivity contribution is 5.38. The smallest absolute Gasteiger partial charge is 0.169 e. The van der Waals surface area contributed by atoms with E-state index in [1.165, 1.54) is 0 Å². The molecule has 0 fully saturated rings. The molecule has 0 spiro atoms. The minimum absolute atomic E-state index is 0.455. The number of anilines is 1. The second-order valence-corrected chi connectivity index (χ2v) is 2.68. The number of pyridine rings is 1. The molecule has 66 valence electrons. The van der Waals surface area contributed by atoms with Gasteiger partial charge in [-0.3, -0.25) is 4.98 Å². The standard InChI is InChI=1S/C8H9N5/c1-6-8(9)11-12-13(6)7-2-4-10-5-3-7/h2-5H,9H2,1H3. The van der Waals surface area contributed by atoms with Gasteiger partial charge in [-0.05, 0) is 19.1 Å². The molecule has 0 unspecified atom stereocenters. The average Bonchev–Trinajstić information content (AvgIpc) is 2.49. The summed E-state index contributed by atoms with van der Waals surface area (Å²) in [6.07, 6.45) is 3.40. The van der Waals surface area contributed by atoms with Gasteiger partial charge in [0.25, 0.3) is 0 Å². The molecule has 13 heavy (non-hydrogen) atoms. The predicted octanol–water partition coefficient (Wildman–Crippen LogP) is 0.553. The Bertz CT molecular complexity index is 406. The first kappa shape index (κ1) is 7.72. The zero-order chi connectivity index (χ0) is 9.26. The fraction of sp³-hybridized carbons (Fsp3) is 0.125. The zero-order valence-corrected chi connectivity index (χ0v) is 7.18. The lowest BCUT2D eigenvalue weighted by atomic mass is 10.4. The van der Waals surface area contributed by atoms with Gasteiger partial charge < -0.3 is 5.73 Å². The topological polar surface area (TPSA) is 69.6 Å². The van der Waals surface area contributed by atoms with Crippen LogP contribution in [0.5, 0.6) is 0 Å². The number of hydrogen-bond donors (Lipinski definition) is 1. The maximum atomic E-state index is 5.57. The van der Waals surface area contributed by atoms with Gasteiger partial charge in [0, 0.05) is 12.4 Å². The lowest BCUT2D eigenvalue weighted by Gasteiger charge is -2.00. The molecule has 0 amide bonds. The van der Waals surface area contributed by atoms with Crippen LogP contribution in [0.15, 0.2) is 24.5 Å². The number of rotatable bonds is 1. The van der Waals surface area contributed by atoms with Crippen LogP contribution in [0.2, 0.25) is 0 Å². The predicted molar refractivity (Wildman–Crippen MR) is 48.3 cm³/mol. The van der Waals surface area contributed by atoms with Crippen molar-refractivity contribution in [2.75, 3.05) is 5.73 Å². The van der Waals surface area contributed by atoms with E-state index < -0.39 is 0 Å². The minimum atomic E-state index is 0.455. The molecule has 2 N–H and O–H groups in total. The first-order valence-corrected chi connectivity index (χ1v) is 3.87. The van der Waals surface area contributed by atoms with Crippen LogP contribution >= 0.6 is 0 Å². The van der Waals surface area contributed by atoms with Gasteiger partial charge in [-0.2, -0.15) is 0 Å². The summed E-state index contributed by atoms with van der Waals surface area (Å²) in [5.74, 6) is 0.455. The number of nitrogens with zero attached hydrogens (tertiary/aromatic N) is 4. The number of nitrogen functional groups attached to an aromatic ring is 1. The average molecular weight is 175 g/mol. The summed E-state index contributed by atoms with van der Waals surface area (Å²) in [6, 6.07) is 3.70. The van der Waals surface area contributed by atoms with E-state index in [4.69, 9.17) is 5.73 Å². The Balaban J connectivity index is 2.53. The molecule has 0 saturated carbocycles. The molecule has 0 aliphatic rings. The maximum Gasteiger partial charge on any atom is 0.169 e. The monoisotopic (exact) mass is 175 g/mol. The summed E-state index contributed by atoms with van der Waals surface area (Å²) in [4.78, 5) is 3.91. The molecule has 0 radical (unpaired) electrons. The molecule has 0 saturated heterocycles. The Hall–Kier alpha value is -1.91. The van der Waals surface area contributed by atoms with E-state index in [1.54, 1.807) is 17.1 Å². The summed E-state index contributed by atoms with van der Waals surface area (Å²) >= 11 is 0. The maximum absolute atomic E-state index is 5.57. The SMILES string of the molecule is Cc1c(N)nnn1-c1ccncc1. The van der Waals surface area contributed by atoms with Gasteiger partial charge in [0.1, 0.15) is 0 Å². The minimum Gasteiger partial charge on any atom is -0.381 e. The summed E-state index contributed by atoms with van der Waals surface area (Å²) in [5.41, 5.74) is 7.32. The van der Waals surface area contributed by atoms with Crippen LogP contribution in [0, 0.1) is 6.92 Å². The van der Waals surface area contributed by atoms with E-state index >= 15 is 0 Å². The van der Waals surface area contributed by atoms with Gasteiger partial charge in [-0.25, -0.2) is 4.68 Å². The van der Waals surface area contributed by atoms with E-state index in [0.717, 1.165) is 11.4 Å². The highest BCUT2D eigenvalue weighted by atomic mass is 15.4. The molecule has 5 heteroatoms. The van der Waals surface area contributed by atoms with Crippen molar-refractivity contribution in [3.63, 3.8) is 0 Å². The Kier molecular flexibility index (Phi) is 1.70. The summed E-state index contributed by atoms with van der Waals surface area (Å²) in [6.45, 7) is 1.87. The molecule has 0 bridgehead atoms. The Morgan fingerprint density at radius 2 is 2.00 bits per heavy atom. The largest absolute Gasteiger partial charge is 0.381 e. The van der Waals surface area contributed by atoms with Crippen molar-refractivity contribution in [2.45, 2.75) is 6.92 Å². The van der Waals surface area contributed by atoms with Crippen molar-refractivity contribution in [2.24, 2.45) is 0 Å². The van der Waals surface area contributed by atoms with Crippen LogP contribution in [0.4, 0.5) is 5.82 Å². The molecule has 2 aromatic heterocycles. The molecule has 2 aromatic rings. The summed E-state index contributed by atoms with van der Waals surface area (Å²) in [7, 11) is 0. The molecular formula is C8H9N5. The molecule has 0 atom stereocenters. The summed E-state index contributed by atoms with van der Waals surface area (Å²) in [5, 5.41) is 7.66. The third-order valence-corrected chi connectivity index (χ3v) is 1.84. The van der Waals surface area contributed by atoms with E-state index in [9.17, 15) is 0 Å². The fourth-order valence-electron chi connectivity index (χ4n) is 1.07. The van der Waals surface area contributed by atoms with Crippen LogP contribution < -0.4 is 5.73 Å². The number of hydrogen-bond acceptors (Lipinski definition) is 4. The molecule has 0 aliphatic carbocycles. The highest BCUT2D eigenvalue weighted by Crippen LogP contribution is 2.11. The quantitative estimate of drug-likeness (QED) is 0.687.